The van der Waals surface area contributed by atoms with Gasteiger partial charge in [-0.15, -0.1) is 0 Å². The summed E-state index contributed by atoms with van der Waals surface area (Å²) in [6.07, 6.45) is 3.61. The molecule has 0 radical (unpaired) electrons. The Morgan fingerprint density at radius 2 is 2.18 bits per heavy atom. The van der Waals surface area contributed by atoms with E-state index in [9.17, 15) is 0 Å². The second kappa shape index (κ2) is 5.35. The van der Waals surface area contributed by atoms with Gasteiger partial charge in [-0.2, -0.15) is 0 Å². The third-order valence-electron chi connectivity index (χ3n) is 1.57. The molecule has 0 aliphatic rings. The lowest BCUT2D eigenvalue weighted by molar-refractivity contribution is 0.118. The number of hydroxylamine groups is 1. The summed E-state index contributed by atoms with van der Waals surface area (Å²) in [5.74, 6) is 0.232. The molecular formula is C8H14ClNO. The lowest BCUT2D eigenvalue weighted by atomic mass is 10.0. The van der Waals surface area contributed by atoms with Crippen LogP contribution in [0.5, 0.6) is 0 Å². The van der Waals surface area contributed by atoms with Crippen molar-refractivity contribution in [1.82, 2.24) is 5.48 Å². The van der Waals surface area contributed by atoms with Crippen LogP contribution in [0, 0.1) is 5.92 Å². The summed E-state index contributed by atoms with van der Waals surface area (Å²) in [4.78, 5) is 0. The fourth-order valence-electron chi connectivity index (χ4n) is 0.540. The predicted molar refractivity (Wildman–Crippen MR) is 47.7 cm³/mol. The number of halogens is 1. The molecule has 2 unspecified atom stereocenters. The van der Waals surface area contributed by atoms with E-state index >= 15 is 0 Å². The smallest absolute Gasteiger partial charge is 0.0351 e. The van der Waals surface area contributed by atoms with Gasteiger partial charge in [0.05, 0.1) is 0 Å². The first-order valence-corrected chi connectivity index (χ1v) is 3.88. The van der Waals surface area contributed by atoms with Gasteiger partial charge in [0.25, 0.3) is 0 Å². The van der Waals surface area contributed by atoms with Gasteiger partial charge in [-0.25, -0.2) is 5.48 Å². The maximum absolute atomic E-state index is 8.53. The molecule has 64 valence electrons. The summed E-state index contributed by atoms with van der Waals surface area (Å²) >= 11 is 5.51. The van der Waals surface area contributed by atoms with Gasteiger partial charge >= 0.3 is 0 Å². The number of nitrogens with one attached hydrogen (secondary N) is 1. The average molecular weight is 176 g/mol. The van der Waals surface area contributed by atoms with Gasteiger partial charge in [-0.3, -0.25) is 0 Å². The summed E-state index contributed by atoms with van der Waals surface area (Å²) < 4.78 is 0. The Morgan fingerprint density at radius 1 is 1.64 bits per heavy atom. The highest BCUT2D eigenvalue weighted by molar-refractivity contribution is 6.30. The Kier molecular flexibility index (Phi) is 5.20. The summed E-state index contributed by atoms with van der Waals surface area (Å²) in [5, 5.41) is 9.03. The van der Waals surface area contributed by atoms with Crippen LogP contribution in [0.3, 0.4) is 0 Å². The fraction of sp³-hybridized carbons (Fsp3) is 0.500. The topological polar surface area (TPSA) is 32.3 Å². The molecule has 0 rings (SSSR count). The molecule has 0 aromatic rings. The number of rotatable bonds is 4. The Morgan fingerprint density at radius 3 is 2.55 bits per heavy atom. The molecule has 2 nitrogen and oxygen atoms in total. The van der Waals surface area contributed by atoms with E-state index in [0.29, 0.717) is 5.03 Å². The number of hydrogen-bond acceptors (Lipinski definition) is 2. The van der Waals surface area contributed by atoms with Gasteiger partial charge in [0, 0.05) is 11.1 Å². The van der Waals surface area contributed by atoms with Crippen LogP contribution in [0.15, 0.2) is 23.8 Å². The second-order valence-electron chi connectivity index (χ2n) is 2.58. The minimum atomic E-state index is 0.0299. The highest BCUT2D eigenvalue weighted by atomic mass is 35.5. The molecule has 11 heavy (non-hydrogen) atoms. The number of allylic oxidation sites excluding steroid dienone is 2. The summed E-state index contributed by atoms with van der Waals surface area (Å²) in [6, 6.07) is 0.0299. The summed E-state index contributed by atoms with van der Waals surface area (Å²) in [6.45, 7) is 7.37. The zero-order valence-corrected chi connectivity index (χ0v) is 7.60. The molecule has 0 bridgehead atoms. The summed E-state index contributed by atoms with van der Waals surface area (Å²) in [7, 11) is 0. The van der Waals surface area contributed by atoms with Crippen LogP contribution >= 0.6 is 11.6 Å². The Bertz CT molecular complexity index is 156. The van der Waals surface area contributed by atoms with Crippen LogP contribution in [0.4, 0.5) is 0 Å². The molecule has 2 atom stereocenters. The zero-order valence-electron chi connectivity index (χ0n) is 6.84. The van der Waals surface area contributed by atoms with Crippen molar-refractivity contribution < 1.29 is 5.21 Å². The monoisotopic (exact) mass is 175 g/mol. The minimum absolute atomic E-state index is 0.0299. The van der Waals surface area contributed by atoms with E-state index in [-0.39, 0.29) is 12.0 Å². The molecule has 0 saturated heterocycles. The second-order valence-corrected chi connectivity index (χ2v) is 3.07. The van der Waals surface area contributed by atoms with E-state index in [1.165, 1.54) is 0 Å². The van der Waals surface area contributed by atoms with E-state index in [1.807, 2.05) is 19.9 Å². The van der Waals surface area contributed by atoms with Gasteiger partial charge in [0.1, 0.15) is 0 Å². The largest absolute Gasteiger partial charge is 0.317 e. The van der Waals surface area contributed by atoms with E-state index in [4.69, 9.17) is 16.8 Å². The molecule has 0 amide bonds. The van der Waals surface area contributed by atoms with Crippen molar-refractivity contribution in [3.63, 3.8) is 0 Å². The molecular weight excluding hydrogens is 162 g/mol. The molecule has 3 heteroatoms. The summed E-state index contributed by atoms with van der Waals surface area (Å²) in [5.41, 5.74) is 2.16. The predicted octanol–water partition coefficient (Wildman–Crippen LogP) is 2.30. The highest BCUT2D eigenvalue weighted by Gasteiger charge is 2.05. The standard InChI is InChI=1S/C8H14ClNO/c1-6(8(3)10-11)4-5-7(2)9/h4-6,8,10-11H,2H2,1,3H3/b5-4-. The molecule has 0 fully saturated rings. The van der Waals surface area contributed by atoms with Crippen molar-refractivity contribution in [3.8, 4) is 0 Å². The van der Waals surface area contributed by atoms with Crippen molar-refractivity contribution in [2.24, 2.45) is 5.92 Å². The molecule has 0 spiro atoms. The van der Waals surface area contributed by atoms with Gasteiger partial charge in [-0.1, -0.05) is 31.2 Å². The first-order valence-electron chi connectivity index (χ1n) is 3.50. The Balaban J connectivity index is 3.85. The van der Waals surface area contributed by atoms with Crippen LogP contribution in [0.2, 0.25) is 0 Å². The lowest BCUT2D eigenvalue weighted by Crippen LogP contribution is -2.27. The molecule has 0 saturated carbocycles. The van der Waals surface area contributed by atoms with Gasteiger partial charge in [-0.05, 0) is 18.9 Å². The number of hydrogen-bond donors (Lipinski definition) is 2. The Labute approximate surface area is 72.5 Å². The van der Waals surface area contributed by atoms with Gasteiger partial charge in [0.2, 0.25) is 0 Å². The molecule has 0 aromatic heterocycles. The third-order valence-corrected chi connectivity index (χ3v) is 1.70. The van der Waals surface area contributed by atoms with Crippen molar-refractivity contribution in [2.75, 3.05) is 0 Å². The lowest BCUT2D eigenvalue weighted by Gasteiger charge is -2.13. The maximum atomic E-state index is 8.53. The first-order chi connectivity index (χ1) is 5.07. The molecule has 0 aliphatic carbocycles. The van der Waals surface area contributed by atoms with Crippen LogP contribution in [0.25, 0.3) is 0 Å². The van der Waals surface area contributed by atoms with Gasteiger partial charge < -0.3 is 5.21 Å². The van der Waals surface area contributed by atoms with Crippen LogP contribution in [-0.4, -0.2) is 11.2 Å². The van der Waals surface area contributed by atoms with Crippen molar-refractivity contribution in [2.45, 2.75) is 19.9 Å². The highest BCUT2D eigenvalue weighted by Crippen LogP contribution is 2.07. The average Bonchev–Trinajstić information content (AvgIpc) is 1.98. The van der Waals surface area contributed by atoms with Gasteiger partial charge in [0.15, 0.2) is 0 Å². The molecule has 0 aromatic carbocycles. The van der Waals surface area contributed by atoms with E-state index in [2.05, 4.69) is 12.1 Å². The third kappa shape index (κ3) is 5.01. The van der Waals surface area contributed by atoms with E-state index in [1.54, 1.807) is 6.08 Å². The quantitative estimate of drug-likeness (QED) is 0.508. The molecule has 0 aliphatic heterocycles. The zero-order chi connectivity index (χ0) is 8.85. The molecule has 2 N–H and O–H groups in total. The van der Waals surface area contributed by atoms with Crippen LogP contribution in [0.1, 0.15) is 13.8 Å². The molecule has 0 heterocycles. The van der Waals surface area contributed by atoms with Crippen molar-refractivity contribution >= 4 is 11.6 Å². The maximum Gasteiger partial charge on any atom is 0.0351 e. The normalized spacial score (nSPS) is 16.7. The van der Waals surface area contributed by atoms with Crippen LogP contribution < -0.4 is 5.48 Å². The van der Waals surface area contributed by atoms with Crippen LogP contribution in [-0.2, 0) is 0 Å². The minimum Gasteiger partial charge on any atom is -0.317 e. The fourth-order valence-corrected chi connectivity index (χ4v) is 0.613. The van der Waals surface area contributed by atoms with E-state index in [0.717, 1.165) is 0 Å². The van der Waals surface area contributed by atoms with Crippen molar-refractivity contribution in [3.05, 3.63) is 23.8 Å². The van der Waals surface area contributed by atoms with E-state index < -0.39 is 0 Å². The van der Waals surface area contributed by atoms with Crippen molar-refractivity contribution in [1.29, 1.82) is 0 Å². The Hall–Kier alpha value is -0.310. The SMILES string of the molecule is C=C(Cl)/C=C\C(C)C(C)NO. The first kappa shape index (κ1) is 10.7.